The number of nitrogens with zero attached hydrogens (tertiary/aromatic N) is 7. The van der Waals surface area contributed by atoms with Crippen molar-refractivity contribution >= 4 is 29.2 Å². The highest BCUT2D eigenvalue weighted by Gasteiger charge is 2.27. The van der Waals surface area contributed by atoms with Gasteiger partial charge in [0.1, 0.15) is 12.1 Å². The number of aryl methyl sites for hydroxylation is 1. The Morgan fingerprint density at radius 1 is 1.12 bits per heavy atom. The highest BCUT2D eigenvalue weighted by atomic mass is 16.5. The third-order valence-corrected chi connectivity index (χ3v) is 5.88. The molecule has 0 spiro atoms. The smallest absolute Gasteiger partial charge is 0.310 e. The van der Waals surface area contributed by atoms with Crippen molar-refractivity contribution in [2.45, 2.75) is 20.3 Å². The number of aromatic nitrogens is 4. The molecule has 3 heterocycles. The lowest BCUT2D eigenvalue weighted by Gasteiger charge is -2.37. The molecule has 2 aromatic heterocycles. The van der Waals surface area contributed by atoms with E-state index in [9.17, 15) is 9.59 Å². The van der Waals surface area contributed by atoms with Crippen molar-refractivity contribution in [3.8, 4) is 0 Å². The van der Waals surface area contributed by atoms with Crippen molar-refractivity contribution in [2.24, 2.45) is 0 Å². The molecule has 0 atom stereocenters. The van der Waals surface area contributed by atoms with Crippen LogP contribution in [0.5, 0.6) is 0 Å². The number of carbonyl (C=O) groups excluding carboxylic acids is 2. The number of anilines is 2. The van der Waals surface area contributed by atoms with E-state index in [4.69, 9.17) is 4.74 Å². The van der Waals surface area contributed by atoms with Crippen molar-refractivity contribution in [3.63, 3.8) is 0 Å². The molecule has 0 radical (unpaired) electrons. The van der Waals surface area contributed by atoms with Gasteiger partial charge in [0.2, 0.25) is 5.91 Å². The summed E-state index contributed by atoms with van der Waals surface area (Å²) < 4.78 is 6.86. The van der Waals surface area contributed by atoms with Gasteiger partial charge in [-0.3, -0.25) is 14.5 Å². The first-order chi connectivity index (χ1) is 16.0. The van der Waals surface area contributed by atoms with Crippen LogP contribution in [0, 0.1) is 6.92 Å². The lowest BCUT2D eigenvalue weighted by atomic mass is 10.1. The molecule has 1 fully saturated rings. The van der Waals surface area contributed by atoms with Gasteiger partial charge < -0.3 is 14.5 Å². The monoisotopic (exact) mass is 451 g/mol. The molecule has 10 nitrogen and oxygen atoms in total. The van der Waals surface area contributed by atoms with Crippen LogP contribution in [0.2, 0.25) is 0 Å². The third kappa shape index (κ3) is 4.95. The first-order valence-electron chi connectivity index (χ1n) is 11.1. The predicted molar refractivity (Wildman–Crippen MR) is 124 cm³/mol. The maximum Gasteiger partial charge on any atom is 0.310 e. The topological polar surface area (TPSA) is 96.2 Å². The zero-order valence-electron chi connectivity index (χ0n) is 19.3. The van der Waals surface area contributed by atoms with E-state index in [0.29, 0.717) is 45.1 Å². The lowest BCUT2D eigenvalue weighted by Crippen LogP contribution is -2.50. The fraction of sp³-hybridized carbons (Fsp3) is 0.435. The average Bonchev–Trinajstić information content (AvgIpc) is 3.28. The number of carbonyl (C=O) groups is 2. The van der Waals surface area contributed by atoms with E-state index in [2.05, 4.69) is 24.9 Å². The molecule has 1 saturated heterocycles. The van der Waals surface area contributed by atoms with Gasteiger partial charge in [0.05, 0.1) is 19.6 Å². The first kappa shape index (κ1) is 22.7. The summed E-state index contributed by atoms with van der Waals surface area (Å²) in [6.07, 6.45) is 1.59. The van der Waals surface area contributed by atoms with E-state index < -0.39 is 0 Å². The highest BCUT2D eigenvalue weighted by molar-refractivity contribution is 5.94. The van der Waals surface area contributed by atoms with Gasteiger partial charge in [-0.2, -0.15) is 14.6 Å². The molecule has 1 aromatic carbocycles. The number of rotatable bonds is 7. The number of amides is 1. The van der Waals surface area contributed by atoms with Gasteiger partial charge in [0, 0.05) is 50.2 Å². The molecule has 3 aromatic rings. The Morgan fingerprint density at radius 3 is 2.55 bits per heavy atom. The summed E-state index contributed by atoms with van der Waals surface area (Å²) in [6.45, 7) is 7.16. The number of para-hydroxylation sites is 1. The van der Waals surface area contributed by atoms with Gasteiger partial charge in [-0.05, 0) is 26.0 Å². The molecule has 174 valence electrons. The SMILES string of the molecule is CCOC(=O)Cc1c(C)nc2ncnn2c1N1CCN(CC(=O)N(C)c2ccccc2)CC1. The number of ether oxygens (including phenoxy) is 1. The van der Waals surface area contributed by atoms with E-state index in [0.717, 1.165) is 22.8 Å². The Bertz CT molecular complexity index is 1120. The minimum atomic E-state index is -0.295. The van der Waals surface area contributed by atoms with E-state index in [-0.39, 0.29) is 18.3 Å². The molecule has 0 aliphatic carbocycles. The summed E-state index contributed by atoms with van der Waals surface area (Å²) in [6, 6.07) is 9.64. The largest absolute Gasteiger partial charge is 0.466 e. The van der Waals surface area contributed by atoms with Crippen LogP contribution in [0.25, 0.3) is 5.78 Å². The molecule has 0 N–H and O–H groups in total. The molecule has 10 heteroatoms. The maximum atomic E-state index is 12.8. The van der Waals surface area contributed by atoms with Gasteiger partial charge in [0.15, 0.2) is 0 Å². The number of likely N-dealkylation sites (N-methyl/N-ethyl adjacent to an activating group) is 1. The zero-order valence-corrected chi connectivity index (χ0v) is 19.3. The Kier molecular flexibility index (Phi) is 6.83. The van der Waals surface area contributed by atoms with Gasteiger partial charge in [-0.25, -0.2) is 4.98 Å². The minimum absolute atomic E-state index is 0.0519. The maximum absolute atomic E-state index is 12.8. The lowest BCUT2D eigenvalue weighted by molar-refractivity contribution is -0.142. The van der Waals surface area contributed by atoms with E-state index >= 15 is 0 Å². The van der Waals surface area contributed by atoms with Gasteiger partial charge >= 0.3 is 5.97 Å². The third-order valence-electron chi connectivity index (χ3n) is 5.88. The fourth-order valence-electron chi connectivity index (χ4n) is 4.07. The number of esters is 1. The minimum Gasteiger partial charge on any atom is -0.466 e. The normalized spacial score (nSPS) is 14.5. The molecular weight excluding hydrogens is 422 g/mol. The second-order valence-electron chi connectivity index (χ2n) is 8.00. The molecular formula is C23H29N7O3. The van der Waals surface area contributed by atoms with Gasteiger partial charge in [-0.15, -0.1) is 0 Å². The standard InChI is InChI=1S/C23H29N7O3/c1-4-33-21(32)14-19-17(2)26-23-24-16-25-30(23)22(19)29-12-10-28(11-13-29)15-20(31)27(3)18-8-6-5-7-9-18/h5-9,16H,4,10-15H2,1-3H3. The van der Waals surface area contributed by atoms with Gasteiger partial charge in [0.25, 0.3) is 5.78 Å². The predicted octanol–water partition coefficient (Wildman–Crippen LogP) is 1.32. The van der Waals surface area contributed by atoms with Crippen LogP contribution in [0.4, 0.5) is 11.5 Å². The molecule has 0 saturated carbocycles. The molecule has 33 heavy (non-hydrogen) atoms. The molecule has 1 aliphatic heterocycles. The van der Waals surface area contributed by atoms with Crippen LogP contribution in [0.1, 0.15) is 18.2 Å². The van der Waals surface area contributed by atoms with Crippen molar-refractivity contribution in [1.29, 1.82) is 0 Å². The molecule has 0 unspecified atom stereocenters. The number of fused-ring (bicyclic) bond motifs is 1. The second-order valence-corrected chi connectivity index (χ2v) is 8.00. The summed E-state index contributed by atoms with van der Waals surface area (Å²) >= 11 is 0. The second kappa shape index (κ2) is 9.95. The average molecular weight is 452 g/mol. The number of hydrogen-bond acceptors (Lipinski definition) is 8. The Labute approximate surface area is 192 Å². The van der Waals surface area contributed by atoms with E-state index in [1.807, 2.05) is 37.3 Å². The first-order valence-corrected chi connectivity index (χ1v) is 11.1. The Balaban J connectivity index is 1.48. The number of benzene rings is 1. The van der Waals surface area contributed by atoms with Crippen molar-refractivity contribution < 1.29 is 14.3 Å². The molecule has 1 amide bonds. The van der Waals surface area contributed by atoms with Crippen molar-refractivity contribution in [2.75, 3.05) is 56.2 Å². The van der Waals surface area contributed by atoms with Crippen LogP contribution in [0.3, 0.4) is 0 Å². The quantitative estimate of drug-likeness (QED) is 0.497. The zero-order chi connectivity index (χ0) is 23.4. The summed E-state index contributed by atoms with van der Waals surface area (Å²) in [4.78, 5) is 39.8. The summed E-state index contributed by atoms with van der Waals surface area (Å²) in [5, 5.41) is 4.35. The van der Waals surface area contributed by atoms with Crippen LogP contribution in [-0.2, 0) is 20.7 Å². The van der Waals surface area contributed by atoms with Crippen LogP contribution in [0.15, 0.2) is 36.7 Å². The fourth-order valence-corrected chi connectivity index (χ4v) is 4.07. The molecule has 1 aliphatic rings. The summed E-state index contributed by atoms with van der Waals surface area (Å²) in [7, 11) is 1.80. The van der Waals surface area contributed by atoms with Crippen molar-refractivity contribution in [1.82, 2.24) is 24.5 Å². The van der Waals surface area contributed by atoms with E-state index in [1.165, 1.54) is 6.33 Å². The Hall–Kier alpha value is -3.53. The van der Waals surface area contributed by atoms with E-state index in [1.54, 1.807) is 23.4 Å². The molecule has 4 rings (SSSR count). The van der Waals surface area contributed by atoms with Crippen LogP contribution >= 0.6 is 0 Å². The summed E-state index contributed by atoms with van der Waals surface area (Å²) in [5.41, 5.74) is 2.41. The van der Waals surface area contributed by atoms with Gasteiger partial charge in [-0.1, -0.05) is 18.2 Å². The van der Waals surface area contributed by atoms with Crippen LogP contribution < -0.4 is 9.80 Å². The number of hydrogen-bond donors (Lipinski definition) is 0. The Morgan fingerprint density at radius 2 is 1.85 bits per heavy atom. The van der Waals surface area contributed by atoms with Crippen molar-refractivity contribution in [3.05, 3.63) is 47.9 Å². The molecule has 0 bridgehead atoms. The summed E-state index contributed by atoms with van der Waals surface area (Å²) in [5.74, 6) is 1.07. The highest BCUT2D eigenvalue weighted by Crippen LogP contribution is 2.25. The van der Waals surface area contributed by atoms with Crippen LogP contribution in [-0.4, -0.2) is 82.7 Å². The number of piperazine rings is 1.